The van der Waals surface area contributed by atoms with Crippen LogP contribution in [0.1, 0.15) is 25.7 Å². The third-order valence-corrected chi connectivity index (χ3v) is 3.65. The van der Waals surface area contributed by atoms with E-state index in [2.05, 4.69) is 38.0 Å². The van der Waals surface area contributed by atoms with Crippen molar-refractivity contribution >= 4 is 0 Å². The molecule has 0 bridgehead atoms. The summed E-state index contributed by atoms with van der Waals surface area (Å²) in [5, 5.41) is 0. The number of hydrogen-bond acceptors (Lipinski definition) is 5. The molecule has 2 atom stereocenters. The Morgan fingerprint density at radius 1 is 0.737 bits per heavy atom. The molecule has 0 saturated carbocycles. The van der Waals surface area contributed by atoms with Gasteiger partial charge in [-0.25, -0.2) is 0 Å². The number of ether oxygens (including phenoxy) is 1. The van der Waals surface area contributed by atoms with Gasteiger partial charge in [-0.2, -0.15) is 0 Å². The van der Waals surface area contributed by atoms with Crippen LogP contribution < -0.4 is 11.5 Å². The maximum absolute atomic E-state index is 5.75. The minimum Gasteiger partial charge on any atom is -0.381 e. The molecule has 0 aliphatic heterocycles. The molecule has 0 fully saturated rings. The second kappa shape index (κ2) is 11.6. The summed E-state index contributed by atoms with van der Waals surface area (Å²) in [7, 11) is 8.40. The molecule has 0 aromatic heterocycles. The lowest BCUT2D eigenvalue weighted by Gasteiger charge is -2.25. The van der Waals surface area contributed by atoms with Gasteiger partial charge in [-0.05, 0) is 67.0 Å². The normalized spacial score (nSPS) is 15.2. The molecule has 19 heavy (non-hydrogen) atoms. The summed E-state index contributed by atoms with van der Waals surface area (Å²) < 4.78 is 5.75. The van der Waals surface area contributed by atoms with Crippen LogP contribution in [0.5, 0.6) is 0 Å². The minimum absolute atomic E-state index is 0.527. The van der Waals surface area contributed by atoms with Crippen molar-refractivity contribution in [3.63, 3.8) is 0 Å². The summed E-state index contributed by atoms with van der Waals surface area (Å²) in [4.78, 5) is 4.46. The molecule has 0 aromatic carbocycles. The first kappa shape index (κ1) is 18.8. The lowest BCUT2D eigenvalue weighted by atomic mass is 10.1. The van der Waals surface area contributed by atoms with Crippen molar-refractivity contribution in [3.8, 4) is 0 Å². The Hall–Kier alpha value is -0.200. The van der Waals surface area contributed by atoms with Crippen molar-refractivity contribution in [1.29, 1.82) is 0 Å². The van der Waals surface area contributed by atoms with Crippen LogP contribution in [0.15, 0.2) is 0 Å². The van der Waals surface area contributed by atoms with Crippen LogP contribution >= 0.6 is 0 Å². The molecule has 0 rings (SSSR count). The molecule has 0 aliphatic carbocycles. The maximum Gasteiger partial charge on any atom is 0.0480 e. The monoisotopic (exact) mass is 274 g/mol. The Balaban J connectivity index is 3.72. The zero-order chi connectivity index (χ0) is 14.7. The third-order valence-electron chi connectivity index (χ3n) is 3.65. The fourth-order valence-corrected chi connectivity index (χ4v) is 2.25. The zero-order valence-electron chi connectivity index (χ0n) is 13.3. The topological polar surface area (TPSA) is 67.7 Å². The second-order valence-corrected chi connectivity index (χ2v) is 5.58. The van der Waals surface area contributed by atoms with Crippen LogP contribution in [-0.4, -0.2) is 76.4 Å². The first-order valence-corrected chi connectivity index (χ1v) is 7.33. The fourth-order valence-electron chi connectivity index (χ4n) is 2.25. The predicted octanol–water partition coefficient (Wildman–Crippen LogP) is 0.341. The molecule has 0 heterocycles. The lowest BCUT2D eigenvalue weighted by molar-refractivity contribution is 0.0904. The van der Waals surface area contributed by atoms with Crippen LogP contribution in [0, 0.1) is 0 Å². The van der Waals surface area contributed by atoms with E-state index in [1.165, 1.54) is 0 Å². The smallest absolute Gasteiger partial charge is 0.0480 e. The van der Waals surface area contributed by atoms with E-state index in [0.717, 1.165) is 52.0 Å². The molecule has 5 heteroatoms. The summed E-state index contributed by atoms with van der Waals surface area (Å²) in [5.74, 6) is 0. The van der Waals surface area contributed by atoms with E-state index >= 15 is 0 Å². The fraction of sp³-hybridized carbons (Fsp3) is 1.00. The first-order chi connectivity index (χ1) is 9.02. The molecule has 5 nitrogen and oxygen atoms in total. The van der Waals surface area contributed by atoms with Crippen molar-refractivity contribution in [2.45, 2.75) is 37.8 Å². The molecule has 0 radical (unpaired) electrons. The van der Waals surface area contributed by atoms with Gasteiger partial charge < -0.3 is 26.0 Å². The Morgan fingerprint density at radius 2 is 1.11 bits per heavy atom. The highest BCUT2D eigenvalue weighted by Crippen LogP contribution is 2.07. The quantitative estimate of drug-likeness (QED) is 0.502. The second-order valence-electron chi connectivity index (χ2n) is 5.58. The van der Waals surface area contributed by atoms with Crippen molar-refractivity contribution in [2.75, 3.05) is 54.5 Å². The van der Waals surface area contributed by atoms with E-state index < -0.39 is 0 Å². The van der Waals surface area contributed by atoms with Crippen LogP contribution in [0.2, 0.25) is 0 Å². The van der Waals surface area contributed by atoms with E-state index in [-0.39, 0.29) is 0 Å². The Labute approximate surface area is 119 Å². The Bertz CT molecular complexity index is 180. The zero-order valence-corrected chi connectivity index (χ0v) is 13.3. The van der Waals surface area contributed by atoms with Crippen molar-refractivity contribution in [3.05, 3.63) is 0 Å². The Kier molecular flexibility index (Phi) is 11.5. The maximum atomic E-state index is 5.75. The van der Waals surface area contributed by atoms with E-state index in [1.807, 2.05) is 0 Å². The van der Waals surface area contributed by atoms with E-state index in [9.17, 15) is 0 Å². The van der Waals surface area contributed by atoms with Crippen LogP contribution in [0.4, 0.5) is 0 Å². The molecule has 0 saturated heterocycles. The predicted molar refractivity (Wildman–Crippen MR) is 82.3 cm³/mol. The molecule has 116 valence electrons. The molecule has 0 amide bonds. The van der Waals surface area contributed by atoms with Gasteiger partial charge in [0.25, 0.3) is 0 Å². The molecule has 0 aromatic rings. The highest BCUT2D eigenvalue weighted by molar-refractivity contribution is 4.68. The third kappa shape index (κ3) is 9.35. The van der Waals surface area contributed by atoms with Gasteiger partial charge in [0.05, 0.1) is 0 Å². The number of nitrogens with two attached hydrogens (primary N) is 2. The van der Waals surface area contributed by atoms with E-state index in [4.69, 9.17) is 16.2 Å². The molecule has 4 N–H and O–H groups in total. The number of nitrogens with zero attached hydrogens (tertiary/aromatic N) is 2. The van der Waals surface area contributed by atoms with Crippen LogP contribution in [0.3, 0.4) is 0 Å². The van der Waals surface area contributed by atoms with Crippen molar-refractivity contribution in [2.24, 2.45) is 11.5 Å². The first-order valence-electron chi connectivity index (χ1n) is 7.33. The van der Waals surface area contributed by atoms with E-state index in [0.29, 0.717) is 12.1 Å². The number of rotatable bonds is 12. The van der Waals surface area contributed by atoms with Gasteiger partial charge in [0.15, 0.2) is 0 Å². The lowest BCUT2D eigenvalue weighted by Crippen LogP contribution is -2.32. The minimum atomic E-state index is 0.527. The van der Waals surface area contributed by atoms with Gasteiger partial charge >= 0.3 is 0 Å². The molecular formula is C14H34N4O. The molecule has 0 aliphatic rings. The SMILES string of the molecule is CN(C)C(CCN)CCOCCC(CCN)N(C)C. The molecular weight excluding hydrogens is 240 g/mol. The summed E-state index contributed by atoms with van der Waals surface area (Å²) in [6, 6.07) is 1.05. The van der Waals surface area contributed by atoms with Crippen LogP contribution in [0.25, 0.3) is 0 Å². The van der Waals surface area contributed by atoms with E-state index in [1.54, 1.807) is 0 Å². The largest absolute Gasteiger partial charge is 0.381 e. The Morgan fingerprint density at radius 3 is 1.37 bits per heavy atom. The molecule has 2 unspecified atom stereocenters. The highest BCUT2D eigenvalue weighted by atomic mass is 16.5. The van der Waals surface area contributed by atoms with Gasteiger partial charge in [0, 0.05) is 25.3 Å². The molecule has 0 spiro atoms. The number of hydrogen-bond donors (Lipinski definition) is 2. The summed E-state index contributed by atoms with van der Waals surface area (Å²) in [6.45, 7) is 3.10. The highest BCUT2D eigenvalue weighted by Gasteiger charge is 2.12. The van der Waals surface area contributed by atoms with Gasteiger partial charge in [0.2, 0.25) is 0 Å². The van der Waals surface area contributed by atoms with Crippen molar-refractivity contribution < 1.29 is 4.74 Å². The van der Waals surface area contributed by atoms with Crippen molar-refractivity contribution in [1.82, 2.24) is 9.80 Å². The van der Waals surface area contributed by atoms with Gasteiger partial charge in [-0.3, -0.25) is 0 Å². The van der Waals surface area contributed by atoms with Gasteiger partial charge in [-0.1, -0.05) is 0 Å². The van der Waals surface area contributed by atoms with Crippen LogP contribution in [-0.2, 0) is 4.74 Å². The summed E-state index contributed by atoms with van der Waals surface area (Å²) in [5.41, 5.74) is 11.2. The average Bonchev–Trinajstić information content (AvgIpc) is 2.35. The van der Waals surface area contributed by atoms with Gasteiger partial charge in [-0.15, -0.1) is 0 Å². The summed E-state index contributed by atoms with van der Waals surface area (Å²) >= 11 is 0. The average molecular weight is 274 g/mol. The summed E-state index contributed by atoms with van der Waals surface area (Å²) in [6.07, 6.45) is 4.16. The standard InChI is InChI=1S/C14H34N4O/c1-17(2)13(5-9-15)7-11-19-12-8-14(6-10-16)18(3)4/h13-14H,5-12,15-16H2,1-4H3. The van der Waals surface area contributed by atoms with Gasteiger partial charge in [0.1, 0.15) is 0 Å².